The molecule has 0 saturated carbocycles. The van der Waals surface area contributed by atoms with Crippen molar-refractivity contribution in [3.05, 3.63) is 46.7 Å². The first-order valence-electron chi connectivity index (χ1n) is 12.1. The van der Waals surface area contributed by atoms with Crippen molar-refractivity contribution >= 4 is 28.9 Å². The summed E-state index contributed by atoms with van der Waals surface area (Å²) in [6.45, 7) is 0.713. The average Bonchev–Trinajstić information content (AvgIpc) is 3.01. The topological polar surface area (TPSA) is 115 Å². The zero-order chi connectivity index (χ0) is 27.2. The summed E-state index contributed by atoms with van der Waals surface area (Å²) in [7, 11) is 0. The first-order valence-corrected chi connectivity index (χ1v) is 13.5. The predicted octanol–water partition coefficient (Wildman–Crippen LogP) is 3.86. The number of carbonyl (C=O) groups excluding carboxylic acids is 1. The van der Waals surface area contributed by atoms with Gasteiger partial charge in [0.1, 0.15) is 17.5 Å². The van der Waals surface area contributed by atoms with Gasteiger partial charge in [-0.05, 0) is 36.6 Å². The fourth-order valence-electron chi connectivity index (χ4n) is 5.58. The summed E-state index contributed by atoms with van der Waals surface area (Å²) in [5.41, 5.74) is -0.0815. The van der Waals surface area contributed by atoms with Crippen LogP contribution in [0, 0.1) is 0 Å². The number of piperidine rings is 1. The second kappa shape index (κ2) is 10.3. The molecule has 5 rings (SSSR count). The summed E-state index contributed by atoms with van der Waals surface area (Å²) >= 11 is 3.91. The average molecular weight is 575 g/mol. The van der Waals surface area contributed by atoms with E-state index in [9.17, 15) is 27.3 Å². The van der Waals surface area contributed by atoms with Crippen LogP contribution in [0.15, 0.2) is 30.5 Å². The molecule has 1 aromatic carbocycles. The molecule has 0 radical (unpaired) electrons. The number of hydrogen-bond acceptors (Lipinski definition) is 5. The highest BCUT2D eigenvalue weighted by atomic mass is 35.5. The number of nitrogens with one attached hydrogen (secondary N) is 1. The van der Waals surface area contributed by atoms with Crippen LogP contribution in [-0.2, 0) is 24.4 Å². The van der Waals surface area contributed by atoms with Crippen molar-refractivity contribution < 1.29 is 36.6 Å². The number of pyridine rings is 1. The first kappa shape index (κ1) is 27.1. The van der Waals surface area contributed by atoms with E-state index in [4.69, 9.17) is 20.9 Å². The van der Waals surface area contributed by atoms with E-state index in [-0.39, 0.29) is 37.4 Å². The maximum atomic E-state index is 13.6. The minimum Gasteiger partial charge on any atom is -0.491 e. The van der Waals surface area contributed by atoms with E-state index in [1.165, 1.54) is 4.90 Å². The molecule has 3 aliphatic rings. The Hall–Kier alpha value is -2.45. The second-order valence-corrected chi connectivity index (χ2v) is 11.0. The fourth-order valence-corrected chi connectivity index (χ4v) is 6.03. The number of urea groups is 1. The number of benzene rings is 1. The SMILES string of the molecule is O=C(N1CCOc2ccc(-c3cnc(Cl)c(CNS(=O)O)c3)cc2C1)N1C2CCC1CC(O)(C(F)(F)F)C2. The lowest BCUT2D eigenvalue weighted by atomic mass is 9.85. The predicted molar refractivity (Wildman–Crippen MR) is 132 cm³/mol. The maximum Gasteiger partial charge on any atom is 0.417 e. The molecule has 2 amide bonds. The quantitative estimate of drug-likeness (QED) is 0.377. The standard InChI is InChI=1S/C24H26ClF3N4O5S/c25-21-16(12-30-38(35)36)8-15(11-29-21)14-1-4-20-17(7-14)13-31(5-6-37-20)22(33)32-18-2-3-19(32)10-23(34,9-18)24(26,27)28/h1,4,7-8,11,18-19,30,34H,2-3,5-6,9-10,12-13H2,(H,35,36). The molecule has 3 atom stereocenters. The van der Waals surface area contributed by atoms with Crippen LogP contribution in [0.3, 0.4) is 0 Å². The Balaban J connectivity index is 1.36. The van der Waals surface area contributed by atoms with Crippen LogP contribution in [0.4, 0.5) is 18.0 Å². The molecule has 2 bridgehead atoms. The zero-order valence-corrected chi connectivity index (χ0v) is 21.7. The van der Waals surface area contributed by atoms with E-state index in [1.807, 2.05) is 12.1 Å². The van der Waals surface area contributed by atoms with Gasteiger partial charge in [0.15, 0.2) is 5.60 Å². The molecule has 0 spiro atoms. The molecule has 3 aliphatic heterocycles. The molecule has 3 unspecified atom stereocenters. The Morgan fingerprint density at radius 1 is 1.24 bits per heavy atom. The number of carbonyl (C=O) groups is 1. The maximum absolute atomic E-state index is 13.6. The highest BCUT2D eigenvalue weighted by molar-refractivity contribution is 7.77. The number of nitrogens with zero attached hydrogens (tertiary/aromatic N) is 3. The summed E-state index contributed by atoms with van der Waals surface area (Å²) in [5.74, 6) is 0.594. The molecule has 1 aromatic heterocycles. The van der Waals surface area contributed by atoms with Gasteiger partial charge in [0.25, 0.3) is 0 Å². The van der Waals surface area contributed by atoms with Crippen LogP contribution in [0.25, 0.3) is 11.1 Å². The number of aliphatic hydroxyl groups is 1. The van der Waals surface area contributed by atoms with Crippen LogP contribution in [0.2, 0.25) is 5.15 Å². The molecule has 2 aromatic rings. The lowest BCUT2D eigenvalue weighted by molar-refractivity contribution is -0.277. The van der Waals surface area contributed by atoms with Gasteiger partial charge < -0.3 is 19.6 Å². The van der Waals surface area contributed by atoms with E-state index in [0.29, 0.717) is 29.7 Å². The third-order valence-corrected chi connectivity index (χ3v) is 8.19. The number of alkyl halides is 3. The summed E-state index contributed by atoms with van der Waals surface area (Å²) < 4.78 is 68.7. The summed E-state index contributed by atoms with van der Waals surface area (Å²) in [6, 6.07) is 5.48. The van der Waals surface area contributed by atoms with Crippen molar-refractivity contribution in [3.8, 4) is 16.9 Å². The summed E-state index contributed by atoms with van der Waals surface area (Å²) in [6.07, 6.45) is -3.37. The molecule has 4 heterocycles. The van der Waals surface area contributed by atoms with Crippen LogP contribution in [-0.4, -0.2) is 71.7 Å². The Kier molecular flexibility index (Phi) is 7.33. The van der Waals surface area contributed by atoms with Crippen LogP contribution >= 0.6 is 11.6 Å². The second-order valence-electron chi connectivity index (χ2n) is 9.85. The lowest BCUT2D eigenvalue weighted by Crippen LogP contribution is -2.60. The molecule has 2 saturated heterocycles. The van der Waals surface area contributed by atoms with Gasteiger partial charge in [-0.2, -0.15) is 13.2 Å². The Bertz CT molecular complexity index is 1250. The molecule has 0 aliphatic carbocycles. The summed E-state index contributed by atoms with van der Waals surface area (Å²) in [4.78, 5) is 20.8. The highest BCUT2D eigenvalue weighted by Crippen LogP contribution is 2.48. The van der Waals surface area contributed by atoms with Crippen molar-refractivity contribution in [1.82, 2.24) is 19.5 Å². The molecular formula is C24H26ClF3N4O5S. The third-order valence-electron chi connectivity index (χ3n) is 7.46. The van der Waals surface area contributed by atoms with Gasteiger partial charge in [0, 0.05) is 54.4 Å². The summed E-state index contributed by atoms with van der Waals surface area (Å²) in [5, 5.41) is 10.5. The Morgan fingerprint density at radius 2 is 1.95 bits per heavy atom. The van der Waals surface area contributed by atoms with Gasteiger partial charge >= 0.3 is 12.2 Å². The van der Waals surface area contributed by atoms with E-state index < -0.39 is 48.0 Å². The van der Waals surface area contributed by atoms with E-state index in [1.54, 1.807) is 23.2 Å². The molecule has 38 heavy (non-hydrogen) atoms. The van der Waals surface area contributed by atoms with Crippen LogP contribution in [0.1, 0.15) is 36.8 Å². The van der Waals surface area contributed by atoms with Crippen molar-refractivity contribution in [2.24, 2.45) is 0 Å². The minimum absolute atomic E-state index is 0.0285. The third kappa shape index (κ3) is 5.22. The number of rotatable bonds is 4. The molecule has 14 heteroatoms. The minimum atomic E-state index is -4.74. The molecule has 2 fully saturated rings. The number of fused-ring (bicyclic) bond motifs is 3. The van der Waals surface area contributed by atoms with Gasteiger partial charge in [-0.3, -0.25) is 4.55 Å². The zero-order valence-electron chi connectivity index (χ0n) is 20.1. The van der Waals surface area contributed by atoms with E-state index in [0.717, 1.165) is 11.1 Å². The molecular weight excluding hydrogens is 549 g/mol. The van der Waals surface area contributed by atoms with E-state index in [2.05, 4.69) is 9.71 Å². The van der Waals surface area contributed by atoms with Crippen molar-refractivity contribution in [3.63, 3.8) is 0 Å². The normalized spacial score (nSPS) is 25.9. The number of amides is 2. The number of ether oxygens (including phenoxy) is 1. The van der Waals surface area contributed by atoms with Gasteiger partial charge in [-0.15, -0.1) is 0 Å². The number of hydrogen-bond donors (Lipinski definition) is 3. The smallest absolute Gasteiger partial charge is 0.417 e. The van der Waals surface area contributed by atoms with Crippen molar-refractivity contribution in [2.75, 3.05) is 13.2 Å². The van der Waals surface area contributed by atoms with Gasteiger partial charge in [-0.1, -0.05) is 17.7 Å². The molecule has 9 nitrogen and oxygen atoms in total. The Labute approximate surface area is 224 Å². The largest absolute Gasteiger partial charge is 0.491 e. The first-order chi connectivity index (χ1) is 17.9. The lowest BCUT2D eigenvalue weighted by Gasteiger charge is -2.45. The van der Waals surface area contributed by atoms with Crippen molar-refractivity contribution in [1.29, 1.82) is 0 Å². The van der Waals surface area contributed by atoms with Crippen LogP contribution in [0.5, 0.6) is 5.75 Å². The fraction of sp³-hybridized carbons (Fsp3) is 0.500. The van der Waals surface area contributed by atoms with Gasteiger partial charge in [0.05, 0.1) is 13.1 Å². The number of halogens is 4. The number of aromatic nitrogens is 1. The monoisotopic (exact) mass is 574 g/mol. The van der Waals surface area contributed by atoms with Gasteiger partial charge in [-0.25, -0.2) is 18.7 Å². The molecule has 206 valence electrons. The molecule has 3 N–H and O–H groups in total. The van der Waals surface area contributed by atoms with Gasteiger partial charge in [0.2, 0.25) is 11.3 Å². The Morgan fingerprint density at radius 3 is 2.61 bits per heavy atom. The highest BCUT2D eigenvalue weighted by Gasteiger charge is 2.61. The van der Waals surface area contributed by atoms with Crippen LogP contribution < -0.4 is 9.46 Å². The van der Waals surface area contributed by atoms with Crippen molar-refractivity contribution in [2.45, 2.75) is 62.6 Å². The van der Waals surface area contributed by atoms with E-state index >= 15 is 0 Å².